The quantitative estimate of drug-likeness (QED) is 0.614. The summed E-state index contributed by atoms with van der Waals surface area (Å²) < 4.78 is 72.0. The first-order chi connectivity index (χ1) is 13.6. The highest BCUT2D eigenvalue weighted by Crippen LogP contribution is 2.29. The number of rotatable bonds is 5. The van der Waals surface area contributed by atoms with Gasteiger partial charge in [-0.25, -0.2) is 8.78 Å². The molecule has 1 amide bonds. The van der Waals surface area contributed by atoms with Crippen molar-refractivity contribution < 1.29 is 36.0 Å². The van der Waals surface area contributed by atoms with Crippen molar-refractivity contribution in [1.29, 1.82) is 0 Å². The van der Waals surface area contributed by atoms with Crippen molar-refractivity contribution in [3.05, 3.63) is 70.9 Å². The molecule has 3 rings (SSSR count). The minimum absolute atomic E-state index is 0.0452. The van der Waals surface area contributed by atoms with Gasteiger partial charge in [-0.2, -0.15) is 0 Å². The minimum atomic E-state index is -4.82. The van der Waals surface area contributed by atoms with Crippen LogP contribution >= 0.6 is 0 Å². The minimum Gasteiger partial charge on any atom is -0.406 e. The molecule has 0 bridgehead atoms. The maximum Gasteiger partial charge on any atom is 0.573 e. The number of nitrogens with zero attached hydrogens (tertiary/aromatic N) is 1. The molecule has 0 fully saturated rings. The zero-order chi connectivity index (χ0) is 21.2. The SMILES string of the molecule is Cc1noc(-c2ccc(OC(F)(F)F)cc2)c1C(=O)NCc1ccc(F)c(F)c1. The smallest absolute Gasteiger partial charge is 0.406 e. The van der Waals surface area contributed by atoms with Crippen LogP contribution in [-0.4, -0.2) is 17.4 Å². The molecule has 0 saturated heterocycles. The van der Waals surface area contributed by atoms with Crippen molar-refractivity contribution >= 4 is 5.91 Å². The number of benzene rings is 2. The lowest BCUT2D eigenvalue weighted by atomic mass is 10.1. The van der Waals surface area contributed by atoms with Gasteiger partial charge < -0.3 is 14.6 Å². The first-order valence-electron chi connectivity index (χ1n) is 8.18. The Kier molecular flexibility index (Phi) is 5.53. The monoisotopic (exact) mass is 412 g/mol. The summed E-state index contributed by atoms with van der Waals surface area (Å²) in [7, 11) is 0. The summed E-state index contributed by atoms with van der Waals surface area (Å²) >= 11 is 0. The number of aryl methyl sites for hydroxylation is 1. The molecule has 0 unspecified atom stereocenters. The molecule has 0 atom stereocenters. The third kappa shape index (κ3) is 4.89. The van der Waals surface area contributed by atoms with E-state index in [9.17, 15) is 26.7 Å². The van der Waals surface area contributed by atoms with Gasteiger partial charge in [0.2, 0.25) is 0 Å². The second-order valence-corrected chi connectivity index (χ2v) is 5.98. The molecular weight excluding hydrogens is 399 g/mol. The molecule has 1 heterocycles. The lowest BCUT2D eigenvalue weighted by Crippen LogP contribution is -2.23. The van der Waals surface area contributed by atoms with Crippen molar-refractivity contribution in [1.82, 2.24) is 10.5 Å². The number of aromatic nitrogens is 1. The first kappa shape index (κ1) is 20.3. The van der Waals surface area contributed by atoms with Gasteiger partial charge in [0.25, 0.3) is 5.91 Å². The summed E-state index contributed by atoms with van der Waals surface area (Å²) in [4.78, 5) is 12.5. The van der Waals surface area contributed by atoms with Gasteiger partial charge in [-0.1, -0.05) is 11.2 Å². The normalized spacial score (nSPS) is 11.4. The maximum atomic E-state index is 13.3. The number of hydrogen-bond acceptors (Lipinski definition) is 4. The van der Waals surface area contributed by atoms with Gasteiger partial charge in [0.1, 0.15) is 11.3 Å². The number of alkyl halides is 3. The Morgan fingerprint density at radius 2 is 1.79 bits per heavy atom. The third-order valence-electron chi connectivity index (χ3n) is 3.88. The van der Waals surface area contributed by atoms with Gasteiger partial charge in [0, 0.05) is 12.1 Å². The van der Waals surface area contributed by atoms with Crippen molar-refractivity contribution in [3.8, 4) is 17.1 Å². The fourth-order valence-corrected chi connectivity index (χ4v) is 2.56. The zero-order valence-electron chi connectivity index (χ0n) is 14.8. The van der Waals surface area contributed by atoms with Crippen LogP contribution in [-0.2, 0) is 6.54 Å². The molecule has 3 aromatic rings. The van der Waals surface area contributed by atoms with E-state index >= 15 is 0 Å². The van der Waals surface area contributed by atoms with Crippen molar-refractivity contribution in [3.63, 3.8) is 0 Å². The van der Waals surface area contributed by atoms with E-state index in [4.69, 9.17) is 4.52 Å². The van der Waals surface area contributed by atoms with Crippen LogP contribution in [0.4, 0.5) is 22.0 Å². The van der Waals surface area contributed by atoms with Crippen LogP contribution in [0.25, 0.3) is 11.3 Å². The third-order valence-corrected chi connectivity index (χ3v) is 3.88. The fourth-order valence-electron chi connectivity index (χ4n) is 2.56. The number of hydrogen-bond donors (Lipinski definition) is 1. The Morgan fingerprint density at radius 3 is 2.41 bits per heavy atom. The highest BCUT2D eigenvalue weighted by molar-refractivity contribution is 6.00. The van der Waals surface area contributed by atoms with Gasteiger partial charge in [-0.05, 0) is 48.9 Å². The predicted molar refractivity (Wildman–Crippen MR) is 90.9 cm³/mol. The van der Waals surface area contributed by atoms with Crippen LogP contribution in [0.3, 0.4) is 0 Å². The van der Waals surface area contributed by atoms with Crippen LogP contribution < -0.4 is 10.1 Å². The van der Waals surface area contributed by atoms with E-state index in [1.807, 2.05) is 0 Å². The number of amides is 1. The Morgan fingerprint density at radius 1 is 1.10 bits per heavy atom. The highest BCUT2D eigenvalue weighted by atomic mass is 19.4. The van der Waals surface area contributed by atoms with Crippen LogP contribution in [0, 0.1) is 18.6 Å². The van der Waals surface area contributed by atoms with E-state index < -0.39 is 29.7 Å². The fraction of sp³-hybridized carbons (Fsp3) is 0.158. The number of nitrogens with one attached hydrogen (secondary N) is 1. The van der Waals surface area contributed by atoms with E-state index in [-0.39, 0.29) is 23.6 Å². The molecule has 0 aliphatic carbocycles. The number of halogens is 5. The van der Waals surface area contributed by atoms with Crippen molar-refractivity contribution in [2.75, 3.05) is 0 Å². The average Bonchev–Trinajstić information content (AvgIpc) is 3.03. The molecule has 152 valence electrons. The maximum absolute atomic E-state index is 13.3. The molecule has 0 aliphatic rings. The number of carbonyl (C=O) groups is 1. The van der Waals surface area contributed by atoms with E-state index in [0.717, 1.165) is 24.3 Å². The second kappa shape index (κ2) is 7.90. The summed E-state index contributed by atoms with van der Waals surface area (Å²) in [5, 5.41) is 6.26. The molecular formula is C19H13F5N2O3. The van der Waals surface area contributed by atoms with Crippen LogP contribution in [0.15, 0.2) is 47.0 Å². The molecule has 5 nitrogen and oxygen atoms in total. The van der Waals surface area contributed by atoms with E-state index in [2.05, 4.69) is 15.2 Å². The molecule has 29 heavy (non-hydrogen) atoms. The van der Waals surface area contributed by atoms with Gasteiger partial charge in [0.05, 0.1) is 5.69 Å². The van der Waals surface area contributed by atoms with Gasteiger partial charge >= 0.3 is 6.36 Å². The first-order valence-corrected chi connectivity index (χ1v) is 8.18. The van der Waals surface area contributed by atoms with Crippen molar-refractivity contribution in [2.24, 2.45) is 0 Å². The Bertz CT molecular complexity index is 1030. The van der Waals surface area contributed by atoms with Crippen molar-refractivity contribution in [2.45, 2.75) is 19.8 Å². The molecule has 2 aromatic carbocycles. The molecule has 0 radical (unpaired) electrons. The lowest BCUT2D eigenvalue weighted by molar-refractivity contribution is -0.274. The van der Waals surface area contributed by atoms with Gasteiger partial charge in [-0.3, -0.25) is 4.79 Å². The Labute approximate surface area is 161 Å². The predicted octanol–water partition coefficient (Wildman–Crippen LogP) is 4.76. The second-order valence-electron chi connectivity index (χ2n) is 5.98. The van der Waals surface area contributed by atoms with E-state index in [1.165, 1.54) is 25.1 Å². The van der Waals surface area contributed by atoms with E-state index in [1.54, 1.807) is 0 Å². The lowest BCUT2D eigenvalue weighted by Gasteiger charge is -2.09. The van der Waals surface area contributed by atoms with Gasteiger partial charge in [-0.15, -0.1) is 13.2 Å². The summed E-state index contributed by atoms with van der Waals surface area (Å²) in [5.41, 5.74) is 0.954. The Hall–Kier alpha value is -3.43. The molecule has 1 aromatic heterocycles. The van der Waals surface area contributed by atoms with E-state index in [0.29, 0.717) is 11.1 Å². The molecule has 10 heteroatoms. The summed E-state index contributed by atoms with van der Waals surface area (Å²) in [6.07, 6.45) is -4.82. The van der Waals surface area contributed by atoms with Crippen LogP contribution in [0.1, 0.15) is 21.6 Å². The Balaban J connectivity index is 1.78. The zero-order valence-corrected chi connectivity index (χ0v) is 14.8. The summed E-state index contributed by atoms with van der Waals surface area (Å²) in [5.74, 6) is -3.03. The van der Waals surface area contributed by atoms with Gasteiger partial charge in [0.15, 0.2) is 17.4 Å². The largest absolute Gasteiger partial charge is 0.573 e. The molecule has 0 spiro atoms. The number of ether oxygens (including phenoxy) is 1. The summed E-state index contributed by atoms with van der Waals surface area (Å²) in [6, 6.07) is 7.93. The van der Waals surface area contributed by atoms with Crippen LogP contribution in [0.2, 0.25) is 0 Å². The average molecular weight is 412 g/mol. The molecule has 0 saturated carbocycles. The standard InChI is InChI=1S/C19H13F5N2O3/c1-10-16(18(27)25-9-11-2-7-14(20)15(21)8-11)17(29-26-10)12-3-5-13(6-4-12)28-19(22,23)24/h2-8H,9H2,1H3,(H,25,27). The number of carbonyl (C=O) groups excluding carboxylic acids is 1. The van der Waals surface area contributed by atoms with Crippen LogP contribution in [0.5, 0.6) is 5.75 Å². The molecule has 1 N–H and O–H groups in total. The topological polar surface area (TPSA) is 64.4 Å². The molecule has 0 aliphatic heterocycles. The highest BCUT2D eigenvalue weighted by Gasteiger charge is 2.31. The summed E-state index contributed by atoms with van der Waals surface area (Å²) in [6.45, 7) is 1.43.